The predicted molar refractivity (Wildman–Crippen MR) is 79.2 cm³/mol. The van der Waals surface area contributed by atoms with E-state index in [4.69, 9.17) is 4.74 Å². The lowest BCUT2D eigenvalue weighted by molar-refractivity contribution is -0.148. The van der Waals surface area contributed by atoms with Gasteiger partial charge in [0.2, 0.25) is 0 Å². The van der Waals surface area contributed by atoms with Gasteiger partial charge in [0.1, 0.15) is 11.4 Å². The minimum absolute atomic E-state index is 0.312. The summed E-state index contributed by atoms with van der Waals surface area (Å²) >= 11 is 0. The minimum atomic E-state index is -0.898. The molecule has 0 aliphatic carbocycles. The molecular formula is C16H22FNO2. The Morgan fingerprint density at radius 3 is 2.75 bits per heavy atom. The molecule has 0 saturated heterocycles. The quantitative estimate of drug-likeness (QED) is 0.609. The van der Waals surface area contributed by atoms with E-state index in [0.29, 0.717) is 25.1 Å². The lowest BCUT2D eigenvalue weighted by atomic mass is 9.95. The van der Waals surface area contributed by atoms with Gasteiger partial charge in [-0.15, -0.1) is 6.58 Å². The zero-order valence-electron chi connectivity index (χ0n) is 12.3. The Labute approximate surface area is 119 Å². The Bertz CT molecular complexity index is 467. The second-order valence-electron chi connectivity index (χ2n) is 5.02. The van der Waals surface area contributed by atoms with Crippen LogP contribution in [0, 0.1) is 12.7 Å². The average molecular weight is 279 g/mol. The van der Waals surface area contributed by atoms with Crippen LogP contribution in [0.4, 0.5) is 10.1 Å². The molecule has 0 aliphatic heterocycles. The van der Waals surface area contributed by atoms with Crippen molar-refractivity contribution in [2.45, 2.75) is 39.2 Å². The van der Waals surface area contributed by atoms with E-state index >= 15 is 0 Å². The number of anilines is 1. The maximum absolute atomic E-state index is 13.4. The number of halogens is 1. The molecule has 1 aromatic carbocycles. The highest BCUT2D eigenvalue weighted by molar-refractivity contribution is 5.84. The first-order valence-electron chi connectivity index (χ1n) is 6.75. The molecule has 0 heterocycles. The molecular weight excluding hydrogens is 257 g/mol. The highest BCUT2D eigenvalue weighted by Crippen LogP contribution is 2.23. The van der Waals surface area contributed by atoms with Crippen LogP contribution in [-0.2, 0) is 9.53 Å². The summed E-state index contributed by atoms with van der Waals surface area (Å²) in [6.45, 7) is 9.30. The van der Waals surface area contributed by atoms with E-state index in [9.17, 15) is 9.18 Å². The summed E-state index contributed by atoms with van der Waals surface area (Å²) in [6.07, 6.45) is 2.94. The Balaban J connectivity index is 2.98. The highest BCUT2D eigenvalue weighted by Gasteiger charge is 2.34. The second kappa shape index (κ2) is 7.08. The highest BCUT2D eigenvalue weighted by atomic mass is 19.1. The van der Waals surface area contributed by atoms with Crippen molar-refractivity contribution in [3.05, 3.63) is 42.2 Å². The third-order valence-electron chi connectivity index (χ3n) is 3.04. The van der Waals surface area contributed by atoms with E-state index < -0.39 is 5.54 Å². The number of hydrogen-bond acceptors (Lipinski definition) is 3. The molecule has 0 aromatic heterocycles. The fourth-order valence-corrected chi connectivity index (χ4v) is 2.02. The van der Waals surface area contributed by atoms with Crippen LogP contribution in [0.5, 0.6) is 0 Å². The van der Waals surface area contributed by atoms with Crippen molar-refractivity contribution in [2.75, 3.05) is 11.9 Å². The van der Waals surface area contributed by atoms with E-state index in [-0.39, 0.29) is 11.8 Å². The fourth-order valence-electron chi connectivity index (χ4n) is 2.02. The van der Waals surface area contributed by atoms with Gasteiger partial charge in [-0.2, -0.15) is 0 Å². The summed E-state index contributed by atoms with van der Waals surface area (Å²) in [4.78, 5) is 12.1. The van der Waals surface area contributed by atoms with Gasteiger partial charge in [-0.3, -0.25) is 0 Å². The van der Waals surface area contributed by atoms with Crippen LogP contribution in [0.25, 0.3) is 0 Å². The van der Waals surface area contributed by atoms with Crippen molar-refractivity contribution in [1.29, 1.82) is 0 Å². The van der Waals surface area contributed by atoms with Gasteiger partial charge in [-0.05, 0) is 57.4 Å². The van der Waals surface area contributed by atoms with E-state index in [0.717, 1.165) is 5.56 Å². The minimum Gasteiger partial charge on any atom is -0.464 e. The number of rotatable bonds is 7. The SMILES string of the molecule is C=CCCC(C)(Nc1cc(C)cc(F)c1)C(=O)OCC. The van der Waals surface area contributed by atoms with Crippen molar-refractivity contribution >= 4 is 11.7 Å². The molecule has 1 rings (SSSR count). The van der Waals surface area contributed by atoms with Crippen LogP contribution in [0.3, 0.4) is 0 Å². The second-order valence-corrected chi connectivity index (χ2v) is 5.02. The number of esters is 1. The number of ether oxygens (including phenoxy) is 1. The van der Waals surface area contributed by atoms with Gasteiger partial charge >= 0.3 is 5.97 Å². The molecule has 1 aromatic rings. The number of carbonyl (C=O) groups excluding carboxylic acids is 1. The lowest BCUT2D eigenvalue weighted by Crippen LogP contribution is -2.44. The topological polar surface area (TPSA) is 38.3 Å². The van der Waals surface area contributed by atoms with E-state index in [1.54, 1.807) is 32.9 Å². The summed E-state index contributed by atoms with van der Waals surface area (Å²) in [5.74, 6) is -0.675. The van der Waals surface area contributed by atoms with Crippen molar-refractivity contribution in [3.63, 3.8) is 0 Å². The van der Waals surface area contributed by atoms with Gasteiger partial charge in [-0.1, -0.05) is 6.08 Å². The number of benzene rings is 1. The van der Waals surface area contributed by atoms with Crippen LogP contribution >= 0.6 is 0 Å². The molecule has 0 spiro atoms. The molecule has 1 unspecified atom stereocenters. The first-order chi connectivity index (χ1) is 9.41. The monoisotopic (exact) mass is 279 g/mol. The Morgan fingerprint density at radius 1 is 1.50 bits per heavy atom. The first-order valence-corrected chi connectivity index (χ1v) is 6.75. The zero-order chi connectivity index (χ0) is 15.2. The van der Waals surface area contributed by atoms with Crippen LogP contribution in [0.1, 0.15) is 32.3 Å². The fraction of sp³-hybridized carbons (Fsp3) is 0.438. The first kappa shape index (κ1) is 16.2. The predicted octanol–water partition coefficient (Wildman–Crippen LogP) is 3.83. The molecule has 3 nitrogen and oxygen atoms in total. The standard InChI is InChI=1S/C16H22FNO2/c1-5-7-8-16(4,15(19)20-6-2)18-14-10-12(3)9-13(17)11-14/h5,9-11,18H,1,6-8H2,2-4H3. The smallest absolute Gasteiger partial charge is 0.331 e. The Hall–Kier alpha value is -1.84. The van der Waals surface area contributed by atoms with E-state index in [1.807, 2.05) is 0 Å². The summed E-state index contributed by atoms with van der Waals surface area (Å²) in [5, 5.41) is 3.09. The van der Waals surface area contributed by atoms with Gasteiger partial charge < -0.3 is 10.1 Å². The van der Waals surface area contributed by atoms with Gasteiger partial charge in [0.25, 0.3) is 0 Å². The van der Waals surface area contributed by atoms with Gasteiger partial charge in [0.05, 0.1) is 6.61 Å². The van der Waals surface area contributed by atoms with Crippen LogP contribution in [0.2, 0.25) is 0 Å². The molecule has 0 amide bonds. The molecule has 20 heavy (non-hydrogen) atoms. The summed E-state index contributed by atoms with van der Waals surface area (Å²) in [6, 6.07) is 4.61. The third kappa shape index (κ3) is 4.37. The normalized spacial score (nSPS) is 13.4. The van der Waals surface area contributed by atoms with Crippen molar-refractivity contribution in [2.24, 2.45) is 0 Å². The molecule has 1 atom stereocenters. The van der Waals surface area contributed by atoms with Crippen LogP contribution in [0.15, 0.2) is 30.9 Å². The van der Waals surface area contributed by atoms with Crippen molar-refractivity contribution in [1.82, 2.24) is 0 Å². The Morgan fingerprint density at radius 2 is 2.20 bits per heavy atom. The van der Waals surface area contributed by atoms with Gasteiger partial charge in [0, 0.05) is 5.69 Å². The molecule has 0 fully saturated rings. The number of allylic oxidation sites excluding steroid dienone is 1. The van der Waals surface area contributed by atoms with E-state index in [1.165, 1.54) is 12.1 Å². The summed E-state index contributed by atoms with van der Waals surface area (Å²) in [7, 11) is 0. The van der Waals surface area contributed by atoms with Crippen molar-refractivity contribution < 1.29 is 13.9 Å². The maximum atomic E-state index is 13.4. The number of nitrogens with one attached hydrogen (secondary N) is 1. The molecule has 1 N–H and O–H groups in total. The Kier molecular flexibility index (Phi) is 5.74. The molecule has 0 saturated carbocycles. The van der Waals surface area contributed by atoms with Crippen LogP contribution in [-0.4, -0.2) is 18.1 Å². The number of aryl methyl sites for hydroxylation is 1. The van der Waals surface area contributed by atoms with Crippen LogP contribution < -0.4 is 5.32 Å². The van der Waals surface area contributed by atoms with Crippen molar-refractivity contribution in [3.8, 4) is 0 Å². The molecule has 0 bridgehead atoms. The number of hydrogen-bond donors (Lipinski definition) is 1. The summed E-state index contributed by atoms with van der Waals surface area (Å²) in [5.41, 5.74) is 0.467. The molecule has 0 aliphatic rings. The molecule has 4 heteroatoms. The third-order valence-corrected chi connectivity index (χ3v) is 3.04. The summed E-state index contributed by atoms with van der Waals surface area (Å²) < 4.78 is 18.5. The average Bonchev–Trinajstić information content (AvgIpc) is 2.35. The maximum Gasteiger partial charge on any atom is 0.331 e. The molecule has 0 radical (unpaired) electrons. The molecule has 110 valence electrons. The van der Waals surface area contributed by atoms with Gasteiger partial charge in [0.15, 0.2) is 0 Å². The largest absolute Gasteiger partial charge is 0.464 e. The lowest BCUT2D eigenvalue weighted by Gasteiger charge is -2.29. The zero-order valence-corrected chi connectivity index (χ0v) is 12.3. The van der Waals surface area contributed by atoms with E-state index in [2.05, 4.69) is 11.9 Å². The van der Waals surface area contributed by atoms with Gasteiger partial charge in [-0.25, -0.2) is 9.18 Å². The number of carbonyl (C=O) groups is 1.